The molecule has 0 heterocycles. The highest BCUT2D eigenvalue weighted by molar-refractivity contribution is 7.99. The minimum absolute atomic E-state index is 0.0473. The van der Waals surface area contributed by atoms with Gasteiger partial charge in [-0.2, -0.15) is 11.8 Å². The second-order valence-electron chi connectivity index (χ2n) is 4.30. The number of carbonyl (C=O) groups is 1. The third kappa shape index (κ3) is 5.21. The van der Waals surface area contributed by atoms with Crippen molar-refractivity contribution in [3.8, 4) is 0 Å². The summed E-state index contributed by atoms with van der Waals surface area (Å²) in [5, 5.41) is 0.301. The Morgan fingerprint density at radius 1 is 1.25 bits per heavy atom. The molecule has 96 valence electrons. The molecule has 16 heavy (non-hydrogen) atoms. The van der Waals surface area contributed by atoms with Gasteiger partial charge in [0.05, 0.1) is 0 Å². The van der Waals surface area contributed by atoms with Crippen molar-refractivity contribution < 1.29 is 4.79 Å². The maximum absolute atomic E-state index is 11.0. The largest absolute Gasteiger partial charge is 0.369 e. The Bertz CT molecular complexity index is 207. The standard InChI is InChI=1S/C12H26N2OS/c1-6-14(7-2)9(3)8-16-11(5)10(4)12(13)15/h9-11H,6-8H2,1-5H3,(H2,13,15). The summed E-state index contributed by atoms with van der Waals surface area (Å²) in [5.41, 5.74) is 5.29. The molecule has 0 aromatic heterocycles. The average Bonchev–Trinajstić information content (AvgIpc) is 2.26. The van der Waals surface area contributed by atoms with Crippen LogP contribution in [0.3, 0.4) is 0 Å². The van der Waals surface area contributed by atoms with Crippen molar-refractivity contribution in [2.24, 2.45) is 11.7 Å². The molecule has 0 aliphatic rings. The summed E-state index contributed by atoms with van der Waals surface area (Å²) in [4.78, 5) is 13.5. The number of nitrogens with two attached hydrogens (primary N) is 1. The Balaban J connectivity index is 3.99. The minimum atomic E-state index is -0.199. The number of rotatable bonds is 8. The van der Waals surface area contributed by atoms with Crippen LogP contribution in [-0.4, -0.2) is 40.9 Å². The van der Waals surface area contributed by atoms with Crippen LogP contribution in [0.2, 0.25) is 0 Å². The summed E-state index contributed by atoms with van der Waals surface area (Å²) in [6, 6.07) is 0.558. The van der Waals surface area contributed by atoms with Crippen LogP contribution in [0.15, 0.2) is 0 Å². The zero-order chi connectivity index (χ0) is 12.7. The van der Waals surface area contributed by atoms with Gasteiger partial charge in [0, 0.05) is 23.0 Å². The van der Waals surface area contributed by atoms with Crippen LogP contribution in [0, 0.1) is 5.92 Å². The summed E-state index contributed by atoms with van der Waals surface area (Å²) < 4.78 is 0. The lowest BCUT2D eigenvalue weighted by Crippen LogP contribution is -2.35. The molecular formula is C12H26N2OS. The Hall–Kier alpha value is -0.220. The smallest absolute Gasteiger partial charge is 0.221 e. The van der Waals surface area contributed by atoms with E-state index in [0.29, 0.717) is 11.3 Å². The van der Waals surface area contributed by atoms with Gasteiger partial charge in [-0.15, -0.1) is 0 Å². The van der Waals surface area contributed by atoms with Crippen molar-refractivity contribution in [3.63, 3.8) is 0 Å². The van der Waals surface area contributed by atoms with E-state index >= 15 is 0 Å². The quantitative estimate of drug-likeness (QED) is 0.712. The molecule has 3 unspecified atom stereocenters. The van der Waals surface area contributed by atoms with Gasteiger partial charge in [-0.25, -0.2) is 0 Å². The van der Waals surface area contributed by atoms with E-state index in [9.17, 15) is 4.79 Å². The molecule has 0 aliphatic heterocycles. The third-order valence-corrected chi connectivity index (χ3v) is 4.80. The summed E-state index contributed by atoms with van der Waals surface area (Å²) >= 11 is 1.84. The number of amides is 1. The van der Waals surface area contributed by atoms with Gasteiger partial charge in [0.25, 0.3) is 0 Å². The van der Waals surface area contributed by atoms with E-state index in [1.807, 2.05) is 18.7 Å². The van der Waals surface area contributed by atoms with Crippen LogP contribution < -0.4 is 5.73 Å². The van der Waals surface area contributed by atoms with Gasteiger partial charge in [-0.3, -0.25) is 4.79 Å². The number of carbonyl (C=O) groups excluding carboxylic acids is 1. The van der Waals surface area contributed by atoms with E-state index in [1.165, 1.54) is 0 Å². The van der Waals surface area contributed by atoms with Crippen LogP contribution in [0.4, 0.5) is 0 Å². The first kappa shape index (κ1) is 15.8. The molecule has 0 aliphatic carbocycles. The van der Waals surface area contributed by atoms with Gasteiger partial charge < -0.3 is 10.6 Å². The molecule has 0 saturated heterocycles. The van der Waals surface area contributed by atoms with Crippen LogP contribution in [0.5, 0.6) is 0 Å². The molecule has 0 spiro atoms. The van der Waals surface area contributed by atoms with Crippen LogP contribution in [0.25, 0.3) is 0 Å². The van der Waals surface area contributed by atoms with E-state index in [1.54, 1.807) is 0 Å². The van der Waals surface area contributed by atoms with Crippen LogP contribution in [0.1, 0.15) is 34.6 Å². The van der Waals surface area contributed by atoms with E-state index in [0.717, 1.165) is 18.8 Å². The highest BCUT2D eigenvalue weighted by atomic mass is 32.2. The highest BCUT2D eigenvalue weighted by Gasteiger charge is 2.19. The number of hydrogen-bond donors (Lipinski definition) is 1. The minimum Gasteiger partial charge on any atom is -0.369 e. The lowest BCUT2D eigenvalue weighted by Gasteiger charge is -2.27. The van der Waals surface area contributed by atoms with Gasteiger partial charge in [0.2, 0.25) is 5.91 Å². The Kier molecular flexibility index (Phi) is 7.85. The van der Waals surface area contributed by atoms with Gasteiger partial charge in [0.1, 0.15) is 0 Å². The molecule has 0 saturated carbocycles. The third-order valence-electron chi connectivity index (χ3n) is 3.19. The number of thioether (sulfide) groups is 1. The van der Waals surface area contributed by atoms with Gasteiger partial charge >= 0.3 is 0 Å². The van der Waals surface area contributed by atoms with E-state index < -0.39 is 0 Å². The molecule has 0 bridgehead atoms. The van der Waals surface area contributed by atoms with Crippen molar-refractivity contribution in [2.45, 2.75) is 45.9 Å². The normalized spacial score (nSPS) is 17.1. The van der Waals surface area contributed by atoms with Crippen molar-refractivity contribution in [1.29, 1.82) is 0 Å². The number of hydrogen-bond acceptors (Lipinski definition) is 3. The molecule has 4 heteroatoms. The lowest BCUT2D eigenvalue weighted by atomic mass is 10.1. The van der Waals surface area contributed by atoms with Gasteiger partial charge in [-0.05, 0) is 20.0 Å². The number of primary amides is 1. The first-order valence-electron chi connectivity index (χ1n) is 6.08. The van der Waals surface area contributed by atoms with E-state index in [-0.39, 0.29) is 11.8 Å². The maximum atomic E-state index is 11.0. The first-order chi connectivity index (χ1) is 7.43. The summed E-state index contributed by atoms with van der Waals surface area (Å²) in [6.07, 6.45) is 0. The fraction of sp³-hybridized carbons (Fsp3) is 0.917. The molecule has 0 radical (unpaired) electrons. The van der Waals surface area contributed by atoms with E-state index in [2.05, 4.69) is 32.6 Å². The molecule has 0 rings (SSSR count). The SMILES string of the molecule is CCN(CC)C(C)CSC(C)C(C)C(N)=O. The molecule has 2 N–H and O–H groups in total. The molecular weight excluding hydrogens is 220 g/mol. The molecule has 1 amide bonds. The molecule has 0 aromatic rings. The van der Waals surface area contributed by atoms with Crippen LogP contribution in [-0.2, 0) is 4.79 Å². The predicted molar refractivity (Wildman–Crippen MR) is 72.7 cm³/mol. The Morgan fingerprint density at radius 3 is 2.12 bits per heavy atom. The van der Waals surface area contributed by atoms with Crippen molar-refractivity contribution in [3.05, 3.63) is 0 Å². The van der Waals surface area contributed by atoms with Crippen LogP contribution >= 0.6 is 11.8 Å². The van der Waals surface area contributed by atoms with Gasteiger partial charge in [-0.1, -0.05) is 27.7 Å². The summed E-state index contributed by atoms with van der Waals surface area (Å²) in [5.74, 6) is 0.810. The van der Waals surface area contributed by atoms with Gasteiger partial charge in [0.15, 0.2) is 0 Å². The molecule has 0 fully saturated rings. The second-order valence-corrected chi connectivity index (χ2v) is 5.71. The number of nitrogens with zero attached hydrogens (tertiary/aromatic N) is 1. The molecule has 0 aromatic carbocycles. The predicted octanol–water partition coefficient (Wildman–Crippen LogP) is 1.96. The zero-order valence-electron chi connectivity index (χ0n) is 11.2. The fourth-order valence-electron chi connectivity index (χ4n) is 1.62. The fourth-order valence-corrected chi connectivity index (χ4v) is 2.83. The Morgan fingerprint density at radius 2 is 1.75 bits per heavy atom. The lowest BCUT2D eigenvalue weighted by molar-refractivity contribution is -0.121. The van der Waals surface area contributed by atoms with Crippen molar-refractivity contribution in [2.75, 3.05) is 18.8 Å². The maximum Gasteiger partial charge on any atom is 0.221 e. The molecule has 3 atom stereocenters. The topological polar surface area (TPSA) is 46.3 Å². The Labute approximate surface area is 104 Å². The molecule has 3 nitrogen and oxygen atoms in total. The zero-order valence-corrected chi connectivity index (χ0v) is 12.0. The van der Waals surface area contributed by atoms with E-state index in [4.69, 9.17) is 5.73 Å². The monoisotopic (exact) mass is 246 g/mol. The first-order valence-corrected chi connectivity index (χ1v) is 7.13. The van der Waals surface area contributed by atoms with Crippen molar-refractivity contribution >= 4 is 17.7 Å². The highest BCUT2D eigenvalue weighted by Crippen LogP contribution is 2.21. The average molecular weight is 246 g/mol. The summed E-state index contributed by atoms with van der Waals surface area (Å²) in [7, 11) is 0. The summed E-state index contributed by atoms with van der Waals surface area (Å²) in [6.45, 7) is 12.7. The second kappa shape index (κ2) is 7.96. The van der Waals surface area contributed by atoms with Crippen molar-refractivity contribution in [1.82, 2.24) is 4.90 Å².